The summed E-state index contributed by atoms with van der Waals surface area (Å²) in [6.45, 7) is 1.09. The number of fused-ring (bicyclic) bond motifs is 1. The lowest BCUT2D eigenvalue weighted by molar-refractivity contribution is -0.893. The summed E-state index contributed by atoms with van der Waals surface area (Å²) >= 11 is 0. The Balaban J connectivity index is 2.16. The molecule has 1 aliphatic heterocycles. The van der Waals surface area contributed by atoms with Crippen LogP contribution in [0.1, 0.15) is 22.7 Å². The predicted molar refractivity (Wildman–Crippen MR) is 74.8 cm³/mol. The van der Waals surface area contributed by atoms with E-state index in [4.69, 9.17) is 0 Å². The molecule has 92 valence electrons. The first-order valence-electron chi connectivity index (χ1n) is 6.51. The summed E-state index contributed by atoms with van der Waals surface area (Å²) in [5.74, 6) is 0. The van der Waals surface area contributed by atoms with Crippen molar-refractivity contribution in [2.45, 2.75) is 12.5 Å². The summed E-state index contributed by atoms with van der Waals surface area (Å²) in [7, 11) is 6.65. The van der Waals surface area contributed by atoms with Crippen LogP contribution in [0.5, 0.6) is 0 Å². The van der Waals surface area contributed by atoms with Gasteiger partial charge in [-0.05, 0) is 5.56 Å². The zero-order chi connectivity index (χ0) is 12.6. The van der Waals surface area contributed by atoms with Crippen molar-refractivity contribution in [1.82, 2.24) is 0 Å². The molecule has 18 heavy (non-hydrogen) atoms. The van der Waals surface area contributed by atoms with Gasteiger partial charge in [0.2, 0.25) is 0 Å². The van der Waals surface area contributed by atoms with E-state index in [1.165, 1.54) is 16.7 Å². The van der Waals surface area contributed by atoms with Gasteiger partial charge in [0.05, 0.1) is 6.54 Å². The molecule has 0 saturated carbocycles. The van der Waals surface area contributed by atoms with Gasteiger partial charge in [0.25, 0.3) is 0 Å². The van der Waals surface area contributed by atoms with Gasteiger partial charge in [0.15, 0.2) is 0 Å². The second-order valence-corrected chi connectivity index (χ2v) is 5.47. The standard InChI is InChI=1S/C17H19N/c1-18(2)13-12-14-8-6-7-11-16(14)17(18)15-9-4-3-5-10-15/h3-11,17H,1,12-13H2,2H3/t17-,18-/m0/s1. The maximum absolute atomic E-state index is 4.42. The molecule has 3 rings (SSSR count). The van der Waals surface area contributed by atoms with Gasteiger partial charge in [-0.3, -0.25) is 0 Å². The molecule has 0 N–H and O–H groups in total. The van der Waals surface area contributed by atoms with E-state index in [0.29, 0.717) is 6.04 Å². The van der Waals surface area contributed by atoms with Crippen LogP contribution in [0.25, 0.3) is 0 Å². The van der Waals surface area contributed by atoms with Crippen molar-refractivity contribution >= 4 is 0 Å². The van der Waals surface area contributed by atoms with Crippen molar-refractivity contribution in [1.29, 1.82) is 0 Å². The molecule has 1 nitrogen and oxygen atoms in total. The lowest BCUT2D eigenvalue weighted by Crippen LogP contribution is -2.46. The van der Waals surface area contributed by atoms with E-state index in [1.807, 2.05) is 0 Å². The molecule has 2 atom stereocenters. The van der Waals surface area contributed by atoms with Crippen molar-refractivity contribution in [3.8, 4) is 0 Å². The van der Waals surface area contributed by atoms with E-state index >= 15 is 0 Å². The van der Waals surface area contributed by atoms with Crippen molar-refractivity contribution in [3.63, 3.8) is 0 Å². The summed E-state index contributed by atoms with van der Waals surface area (Å²) in [6, 6.07) is 19.9. The molecule has 1 aliphatic rings. The summed E-state index contributed by atoms with van der Waals surface area (Å²) in [5, 5.41) is 0. The predicted octanol–water partition coefficient (Wildman–Crippen LogP) is 3.57. The number of hydrogen-bond donors (Lipinski definition) is 0. The third kappa shape index (κ3) is 1.85. The minimum atomic E-state index is 0.358. The van der Waals surface area contributed by atoms with Gasteiger partial charge < -0.3 is 4.48 Å². The highest BCUT2D eigenvalue weighted by Crippen LogP contribution is 2.38. The number of quaternary nitrogens is 1. The highest BCUT2D eigenvalue weighted by Gasteiger charge is 2.32. The van der Waals surface area contributed by atoms with Crippen LogP contribution in [0.4, 0.5) is 0 Å². The maximum atomic E-state index is 4.42. The monoisotopic (exact) mass is 237 g/mol. The minimum absolute atomic E-state index is 0.358. The fraction of sp³-hybridized carbons (Fsp3) is 0.235. The molecule has 0 amide bonds. The Bertz CT molecular complexity index is 543. The Morgan fingerprint density at radius 3 is 2.44 bits per heavy atom. The van der Waals surface area contributed by atoms with Crippen LogP contribution in [-0.2, 0) is 6.42 Å². The van der Waals surface area contributed by atoms with E-state index in [2.05, 4.69) is 68.7 Å². The third-order valence-electron chi connectivity index (χ3n) is 3.98. The van der Waals surface area contributed by atoms with Crippen LogP contribution in [0, 0.1) is 7.05 Å². The van der Waals surface area contributed by atoms with E-state index in [9.17, 15) is 0 Å². The highest BCUT2D eigenvalue weighted by atomic mass is 15.3. The quantitative estimate of drug-likeness (QED) is 0.525. The summed E-state index contributed by atoms with van der Waals surface area (Å²) in [4.78, 5) is 0. The topological polar surface area (TPSA) is 0 Å². The average Bonchev–Trinajstić information content (AvgIpc) is 2.39. The number of benzene rings is 2. The lowest BCUT2D eigenvalue weighted by Gasteiger charge is -2.49. The molecule has 1 heteroatoms. The van der Waals surface area contributed by atoms with Gasteiger partial charge in [-0.1, -0.05) is 54.6 Å². The van der Waals surface area contributed by atoms with Crippen LogP contribution in [-0.4, -0.2) is 18.1 Å². The molecule has 0 bridgehead atoms. The van der Waals surface area contributed by atoms with Gasteiger partial charge >= 0.3 is 0 Å². The first-order chi connectivity index (χ1) is 8.68. The van der Waals surface area contributed by atoms with Crippen molar-refractivity contribution in [3.05, 3.63) is 78.3 Å². The molecule has 0 radical (unpaired) electrons. The van der Waals surface area contributed by atoms with Crippen LogP contribution < -0.4 is 0 Å². The molecule has 0 saturated heterocycles. The first kappa shape index (κ1) is 11.5. The van der Waals surface area contributed by atoms with Gasteiger partial charge in [-0.2, -0.15) is 0 Å². The Hall–Kier alpha value is -1.60. The van der Waals surface area contributed by atoms with Crippen LogP contribution in [0.2, 0.25) is 0 Å². The van der Waals surface area contributed by atoms with Gasteiger partial charge in [0.1, 0.15) is 6.04 Å². The second-order valence-electron chi connectivity index (χ2n) is 5.47. The molecule has 0 fully saturated rings. The summed E-state index contributed by atoms with van der Waals surface area (Å²) in [5.41, 5.74) is 4.28. The van der Waals surface area contributed by atoms with E-state index in [1.54, 1.807) is 0 Å². The average molecular weight is 237 g/mol. The smallest absolute Gasteiger partial charge is 0.116 e. The number of rotatable bonds is 1. The molecular formula is C17H19N. The Labute approximate surface area is 109 Å². The minimum Gasteiger partial charge on any atom is -0.449 e. The third-order valence-corrected chi connectivity index (χ3v) is 3.98. The normalized spacial score (nSPS) is 26.7. The van der Waals surface area contributed by atoms with Gasteiger partial charge in [-0.15, -0.1) is 7.05 Å². The van der Waals surface area contributed by atoms with Gasteiger partial charge in [-0.25, -0.2) is 0 Å². The lowest BCUT2D eigenvalue weighted by atomic mass is 9.87. The molecule has 2 aromatic carbocycles. The van der Waals surface area contributed by atoms with E-state index < -0.39 is 0 Å². The van der Waals surface area contributed by atoms with Crippen LogP contribution >= 0.6 is 0 Å². The molecule has 0 spiro atoms. The summed E-state index contributed by atoms with van der Waals surface area (Å²) < 4.78 is 0.793. The summed E-state index contributed by atoms with van der Waals surface area (Å²) in [6.07, 6.45) is 1.12. The fourth-order valence-corrected chi connectivity index (χ4v) is 3.04. The molecular weight excluding hydrogens is 218 g/mol. The first-order valence-corrected chi connectivity index (χ1v) is 6.51. The molecule has 0 aliphatic carbocycles. The van der Waals surface area contributed by atoms with Crippen molar-refractivity contribution < 1.29 is 4.48 Å². The number of nitrogens with zero attached hydrogens (tertiary/aromatic N) is 1. The van der Waals surface area contributed by atoms with Crippen LogP contribution in [0.15, 0.2) is 54.6 Å². The molecule has 2 aromatic rings. The SMILES string of the molecule is [CH2-][N@+]1(C)CCc2ccccc2[C@@H]1c1ccccc1. The zero-order valence-electron chi connectivity index (χ0n) is 10.8. The van der Waals surface area contributed by atoms with Crippen molar-refractivity contribution in [2.24, 2.45) is 0 Å². The van der Waals surface area contributed by atoms with E-state index in [0.717, 1.165) is 17.4 Å². The molecule has 0 unspecified atom stereocenters. The second kappa shape index (κ2) is 4.25. The Morgan fingerprint density at radius 2 is 1.67 bits per heavy atom. The Kier molecular flexibility index (Phi) is 2.71. The van der Waals surface area contributed by atoms with Crippen molar-refractivity contribution in [2.75, 3.05) is 13.6 Å². The Morgan fingerprint density at radius 1 is 1.00 bits per heavy atom. The fourth-order valence-electron chi connectivity index (χ4n) is 3.04. The molecule has 0 aromatic heterocycles. The molecule has 1 heterocycles. The van der Waals surface area contributed by atoms with Gasteiger partial charge in [0, 0.05) is 24.6 Å². The zero-order valence-corrected chi connectivity index (χ0v) is 10.8. The largest absolute Gasteiger partial charge is 0.449 e. The highest BCUT2D eigenvalue weighted by molar-refractivity contribution is 5.37. The van der Waals surface area contributed by atoms with Crippen LogP contribution in [0.3, 0.4) is 0 Å². The maximum Gasteiger partial charge on any atom is 0.116 e. The van der Waals surface area contributed by atoms with E-state index in [-0.39, 0.29) is 0 Å². The number of likely N-dealkylation sites (N-methyl/N-ethyl adjacent to an activating group) is 1. The number of hydrogen-bond acceptors (Lipinski definition) is 0.